The van der Waals surface area contributed by atoms with Crippen LogP contribution in [0.25, 0.3) is 31.5 Å². The van der Waals surface area contributed by atoms with E-state index in [9.17, 15) is 9.90 Å². The molecule has 0 N–H and O–H groups in total. The van der Waals surface area contributed by atoms with Gasteiger partial charge in [-0.05, 0) is 29.0 Å². The van der Waals surface area contributed by atoms with E-state index in [0.717, 1.165) is 19.8 Å². The number of carbonyl (C=O) groups excluding carboxylic acids is 1. The Kier molecular flexibility index (Phi) is 3.48. The van der Waals surface area contributed by atoms with Gasteiger partial charge >= 0.3 is 0 Å². The highest BCUT2D eigenvalue weighted by Crippen LogP contribution is 2.37. The minimum atomic E-state index is -1.17. The van der Waals surface area contributed by atoms with Crippen LogP contribution in [-0.2, 0) is 11.2 Å². The standard InChI is InChI=1S/C17H11NO3S2/c19-15(20)9-11-16(13-6-3-7-22-13)21-17(18-11)14-8-10-4-1-2-5-12(10)23-14/h1-8H,9H2,(H,19,20)/p-1. The van der Waals surface area contributed by atoms with Crippen LogP contribution < -0.4 is 5.11 Å². The van der Waals surface area contributed by atoms with Crippen molar-refractivity contribution in [3.8, 4) is 21.4 Å². The molecule has 0 amide bonds. The number of oxazole rings is 1. The fourth-order valence-corrected chi connectivity index (χ4v) is 4.12. The van der Waals surface area contributed by atoms with Gasteiger partial charge in [0.1, 0.15) is 0 Å². The Bertz CT molecular complexity index is 950. The highest BCUT2D eigenvalue weighted by Gasteiger charge is 2.18. The molecule has 0 spiro atoms. The predicted molar refractivity (Wildman–Crippen MR) is 89.3 cm³/mol. The Morgan fingerprint density at radius 3 is 2.78 bits per heavy atom. The van der Waals surface area contributed by atoms with Crippen LogP contribution >= 0.6 is 22.7 Å². The molecule has 0 unspecified atom stereocenters. The van der Waals surface area contributed by atoms with Gasteiger partial charge in [0.25, 0.3) is 0 Å². The number of benzene rings is 1. The van der Waals surface area contributed by atoms with Crippen molar-refractivity contribution in [2.24, 2.45) is 0 Å². The molecule has 0 aliphatic rings. The van der Waals surface area contributed by atoms with Crippen LogP contribution in [0.2, 0.25) is 0 Å². The van der Waals surface area contributed by atoms with Crippen molar-refractivity contribution in [2.75, 3.05) is 0 Å². The number of fused-ring (bicyclic) bond motifs is 1. The van der Waals surface area contributed by atoms with Crippen LogP contribution in [0.5, 0.6) is 0 Å². The third-order valence-electron chi connectivity index (χ3n) is 3.39. The number of carboxylic acid groups (broad SMARTS) is 1. The average molecular weight is 340 g/mol. The number of aliphatic carboxylic acids is 1. The van der Waals surface area contributed by atoms with Crippen molar-refractivity contribution < 1.29 is 14.3 Å². The number of carbonyl (C=O) groups is 1. The third kappa shape index (κ3) is 2.67. The summed E-state index contributed by atoms with van der Waals surface area (Å²) < 4.78 is 7.03. The van der Waals surface area contributed by atoms with E-state index in [1.165, 1.54) is 11.3 Å². The van der Waals surface area contributed by atoms with Gasteiger partial charge in [0, 0.05) is 17.1 Å². The number of aromatic nitrogens is 1. The van der Waals surface area contributed by atoms with E-state index in [1.54, 1.807) is 11.3 Å². The second kappa shape index (κ2) is 5.64. The summed E-state index contributed by atoms with van der Waals surface area (Å²) in [5, 5.41) is 14.0. The lowest BCUT2D eigenvalue weighted by atomic mass is 10.2. The van der Waals surface area contributed by atoms with Crippen LogP contribution in [0.15, 0.2) is 52.3 Å². The summed E-state index contributed by atoms with van der Waals surface area (Å²) in [6.45, 7) is 0. The minimum absolute atomic E-state index is 0.262. The second-order valence-corrected chi connectivity index (χ2v) is 7.00. The zero-order valence-corrected chi connectivity index (χ0v) is 13.4. The number of carboxylic acids is 1. The lowest BCUT2D eigenvalue weighted by molar-refractivity contribution is -0.304. The lowest BCUT2D eigenvalue weighted by Gasteiger charge is -1.99. The smallest absolute Gasteiger partial charge is 0.237 e. The van der Waals surface area contributed by atoms with Crippen LogP contribution in [-0.4, -0.2) is 11.0 Å². The van der Waals surface area contributed by atoms with Crippen molar-refractivity contribution in [3.05, 3.63) is 53.5 Å². The highest BCUT2D eigenvalue weighted by atomic mass is 32.1. The maximum absolute atomic E-state index is 11.0. The summed E-state index contributed by atoms with van der Waals surface area (Å²) in [7, 11) is 0. The number of nitrogens with zero attached hydrogens (tertiary/aromatic N) is 1. The third-order valence-corrected chi connectivity index (χ3v) is 5.36. The normalized spacial score (nSPS) is 11.1. The quantitative estimate of drug-likeness (QED) is 0.569. The van der Waals surface area contributed by atoms with Crippen molar-refractivity contribution in [3.63, 3.8) is 0 Å². The van der Waals surface area contributed by atoms with Gasteiger partial charge in [0.15, 0.2) is 5.76 Å². The zero-order valence-electron chi connectivity index (χ0n) is 11.8. The van der Waals surface area contributed by atoms with Crippen molar-refractivity contribution in [1.82, 2.24) is 4.98 Å². The van der Waals surface area contributed by atoms with E-state index in [-0.39, 0.29) is 6.42 Å². The second-order valence-electron chi connectivity index (χ2n) is 4.97. The Labute approximate surface area is 139 Å². The molecule has 0 aliphatic carbocycles. The molecule has 0 saturated heterocycles. The molecule has 3 aromatic heterocycles. The van der Waals surface area contributed by atoms with E-state index < -0.39 is 5.97 Å². The van der Waals surface area contributed by atoms with Crippen LogP contribution in [0.3, 0.4) is 0 Å². The molecule has 114 valence electrons. The molecule has 0 fully saturated rings. The van der Waals surface area contributed by atoms with Crippen molar-refractivity contribution in [1.29, 1.82) is 0 Å². The number of thiophene rings is 2. The molecule has 0 bridgehead atoms. The van der Waals surface area contributed by atoms with Gasteiger partial charge in [-0.2, -0.15) is 0 Å². The van der Waals surface area contributed by atoms with Gasteiger partial charge < -0.3 is 14.3 Å². The minimum Gasteiger partial charge on any atom is -0.550 e. The van der Waals surface area contributed by atoms with Crippen molar-refractivity contribution in [2.45, 2.75) is 6.42 Å². The Hall–Kier alpha value is -2.44. The van der Waals surface area contributed by atoms with Gasteiger partial charge in [0.05, 0.1) is 15.4 Å². The number of rotatable bonds is 4. The SMILES string of the molecule is O=C([O-])Cc1nc(-c2cc3ccccc3s2)oc1-c1cccs1. The summed E-state index contributed by atoms with van der Waals surface area (Å²) in [5.41, 5.74) is 0.403. The van der Waals surface area contributed by atoms with E-state index in [2.05, 4.69) is 4.98 Å². The fraction of sp³-hybridized carbons (Fsp3) is 0.0588. The first-order valence-corrected chi connectivity index (χ1v) is 8.63. The molecule has 4 rings (SSSR count). The van der Waals surface area contributed by atoms with Crippen LogP contribution in [0.1, 0.15) is 5.69 Å². The van der Waals surface area contributed by atoms with Crippen LogP contribution in [0, 0.1) is 0 Å². The van der Waals surface area contributed by atoms with E-state index in [0.29, 0.717) is 17.3 Å². The largest absolute Gasteiger partial charge is 0.550 e. The van der Waals surface area contributed by atoms with Crippen LogP contribution in [0.4, 0.5) is 0 Å². The summed E-state index contributed by atoms with van der Waals surface area (Å²) in [4.78, 5) is 17.1. The molecule has 23 heavy (non-hydrogen) atoms. The molecule has 4 nitrogen and oxygen atoms in total. The Morgan fingerprint density at radius 2 is 2.04 bits per heavy atom. The maximum Gasteiger partial charge on any atom is 0.237 e. The van der Waals surface area contributed by atoms with Crippen molar-refractivity contribution >= 4 is 38.7 Å². The molecule has 0 aliphatic heterocycles. The van der Waals surface area contributed by atoms with Gasteiger partial charge in [-0.3, -0.25) is 0 Å². The topological polar surface area (TPSA) is 66.2 Å². The number of hydrogen-bond donors (Lipinski definition) is 0. The molecular weight excluding hydrogens is 330 g/mol. The molecule has 1 aromatic carbocycles. The first-order chi connectivity index (χ1) is 11.2. The zero-order chi connectivity index (χ0) is 15.8. The molecule has 0 saturated carbocycles. The summed E-state index contributed by atoms with van der Waals surface area (Å²) in [6.07, 6.45) is -0.262. The molecule has 4 aromatic rings. The summed E-state index contributed by atoms with van der Waals surface area (Å²) in [6, 6.07) is 13.8. The Balaban J connectivity index is 1.84. The predicted octanol–water partition coefficient (Wildman–Crippen LogP) is 3.58. The van der Waals surface area contributed by atoms with E-state index in [4.69, 9.17) is 4.42 Å². The van der Waals surface area contributed by atoms with Gasteiger partial charge in [-0.1, -0.05) is 24.3 Å². The summed E-state index contributed by atoms with van der Waals surface area (Å²) in [5.74, 6) is -0.207. The first kappa shape index (κ1) is 14.2. The highest BCUT2D eigenvalue weighted by molar-refractivity contribution is 7.22. The van der Waals surface area contributed by atoms with Gasteiger partial charge in [-0.15, -0.1) is 22.7 Å². The number of hydrogen-bond acceptors (Lipinski definition) is 6. The van der Waals surface area contributed by atoms with E-state index >= 15 is 0 Å². The molecular formula is C17H10NO3S2-. The Morgan fingerprint density at radius 1 is 1.17 bits per heavy atom. The maximum atomic E-state index is 11.0. The fourth-order valence-electron chi connectivity index (χ4n) is 2.40. The van der Waals surface area contributed by atoms with E-state index in [1.807, 2.05) is 47.8 Å². The molecule has 0 radical (unpaired) electrons. The first-order valence-electron chi connectivity index (χ1n) is 6.93. The molecule has 3 heterocycles. The molecule has 6 heteroatoms. The summed E-state index contributed by atoms with van der Waals surface area (Å²) >= 11 is 3.06. The average Bonchev–Trinajstić information content (AvgIpc) is 3.25. The lowest BCUT2D eigenvalue weighted by Crippen LogP contribution is -2.24. The monoisotopic (exact) mass is 340 g/mol. The van der Waals surface area contributed by atoms with Gasteiger partial charge in [-0.25, -0.2) is 4.98 Å². The van der Waals surface area contributed by atoms with Gasteiger partial charge in [0.2, 0.25) is 5.89 Å². The molecule has 0 atom stereocenters.